The zero-order chi connectivity index (χ0) is 15.4. The topological polar surface area (TPSA) is 69.7 Å². The molecule has 1 saturated heterocycles. The molecule has 1 aliphatic rings. The van der Waals surface area contributed by atoms with Gasteiger partial charge in [0.05, 0.1) is 5.02 Å². The van der Waals surface area contributed by atoms with E-state index in [4.69, 9.17) is 27.9 Å². The molecule has 1 aromatic rings. The zero-order valence-corrected chi connectivity index (χ0v) is 12.7. The Morgan fingerprint density at radius 2 is 1.95 bits per heavy atom. The summed E-state index contributed by atoms with van der Waals surface area (Å²) < 4.78 is 5.37. The van der Waals surface area contributed by atoms with Crippen LogP contribution in [0.3, 0.4) is 0 Å². The van der Waals surface area contributed by atoms with Crippen molar-refractivity contribution >= 4 is 35.1 Å². The van der Waals surface area contributed by atoms with Crippen LogP contribution in [0, 0.1) is 5.92 Å². The second kappa shape index (κ2) is 7.00. The number of amides is 1. The molecule has 1 heterocycles. The standard InChI is InChI=1S/C14H15Cl2NO4/c15-10-1-2-11(16)12(7-10)21-8-13(18)17-5-3-9(4-6-17)14(19)20/h1-2,7,9H,3-6,8H2,(H,19,20)/p-1. The van der Waals surface area contributed by atoms with Gasteiger partial charge < -0.3 is 19.5 Å². The average Bonchev–Trinajstić information content (AvgIpc) is 2.48. The number of ether oxygens (including phenoxy) is 1. The first kappa shape index (κ1) is 15.9. The summed E-state index contributed by atoms with van der Waals surface area (Å²) in [6.07, 6.45) is 0.817. The van der Waals surface area contributed by atoms with Crippen LogP contribution in [0.15, 0.2) is 18.2 Å². The van der Waals surface area contributed by atoms with Crippen LogP contribution < -0.4 is 9.84 Å². The molecule has 0 radical (unpaired) electrons. The van der Waals surface area contributed by atoms with Gasteiger partial charge in [0, 0.05) is 36.1 Å². The zero-order valence-electron chi connectivity index (χ0n) is 11.2. The molecular weight excluding hydrogens is 317 g/mol. The number of piperidine rings is 1. The van der Waals surface area contributed by atoms with Gasteiger partial charge in [0.1, 0.15) is 5.75 Å². The van der Waals surface area contributed by atoms with Gasteiger partial charge in [-0.1, -0.05) is 23.2 Å². The summed E-state index contributed by atoms with van der Waals surface area (Å²) in [5.74, 6) is -1.38. The van der Waals surface area contributed by atoms with Gasteiger partial charge in [0.15, 0.2) is 6.61 Å². The SMILES string of the molecule is O=C([O-])C1CCN(C(=O)COc2cc(Cl)ccc2Cl)CC1. The number of carbonyl (C=O) groups is 2. The maximum atomic E-state index is 12.0. The van der Waals surface area contributed by atoms with E-state index >= 15 is 0 Å². The molecule has 0 saturated carbocycles. The highest BCUT2D eigenvalue weighted by Gasteiger charge is 2.23. The highest BCUT2D eigenvalue weighted by molar-refractivity contribution is 6.34. The normalized spacial score (nSPS) is 15.8. The van der Waals surface area contributed by atoms with E-state index < -0.39 is 11.9 Å². The van der Waals surface area contributed by atoms with Gasteiger partial charge in [-0.05, 0) is 25.0 Å². The van der Waals surface area contributed by atoms with Gasteiger partial charge in [0.25, 0.3) is 5.91 Å². The molecule has 0 aliphatic carbocycles. The number of hydrogen-bond acceptors (Lipinski definition) is 4. The first-order chi connectivity index (χ1) is 9.97. The van der Waals surface area contributed by atoms with E-state index in [0.29, 0.717) is 41.7 Å². The Bertz CT molecular complexity index is 542. The maximum absolute atomic E-state index is 12.0. The van der Waals surface area contributed by atoms with E-state index in [1.807, 2.05) is 0 Å². The van der Waals surface area contributed by atoms with Gasteiger partial charge in [-0.15, -0.1) is 0 Å². The number of benzene rings is 1. The largest absolute Gasteiger partial charge is 0.550 e. The van der Waals surface area contributed by atoms with Crippen LogP contribution in [0.2, 0.25) is 10.0 Å². The fourth-order valence-corrected chi connectivity index (χ4v) is 2.52. The molecule has 1 fully saturated rings. The second-order valence-corrected chi connectivity index (χ2v) is 5.68. The smallest absolute Gasteiger partial charge is 0.260 e. The summed E-state index contributed by atoms with van der Waals surface area (Å²) in [5.41, 5.74) is 0. The molecule has 0 N–H and O–H groups in total. The number of rotatable bonds is 4. The van der Waals surface area contributed by atoms with Crippen LogP contribution >= 0.6 is 23.2 Å². The average molecular weight is 331 g/mol. The molecule has 5 nitrogen and oxygen atoms in total. The van der Waals surface area contributed by atoms with Crippen LogP contribution in [-0.4, -0.2) is 36.5 Å². The molecule has 0 unspecified atom stereocenters. The Hall–Kier alpha value is -1.46. The molecule has 0 atom stereocenters. The summed E-state index contributed by atoms with van der Waals surface area (Å²) >= 11 is 11.8. The second-order valence-electron chi connectivity index (χ2n) is 4.84. The molecule has 1 aliphatic heterocycles. The third-order valence-corrected chi connectivity index (χ3v) is 3.97. The molecule has 0 bridgehead atoms. The van der Waals surface area contributed by atoms with Crippen molar-refractivity contribution < 1.29 is 19.4 Å². The molecule has 1 amide bonds. The summed E-state index contributed by atoms with van der Waals surface area (Å²) in [5, 5.41) is 11.6. The monoisotopic (exact) mass is 330 g/mol. The van der Waals surface area contributed by atoms with Crippen LogP contribution in [-0.2, 0) is 9.59 Å². The van der Waals surface area contributed by atoms with Gasteiger partial charge in [-0.2, -0.15) is 0 Å². The Morgan fingerprint density at radius 3 is 2.57 bits per heavy atom. The number of carboxylic acid groups (broad SMARTS) is 1. The van der Waals surface area contributed by atoms with Crippen LogP contribution in [0.25, 0.3) is 0 Å². The molecule has 2 rings (SSSR count). The minimum atomic E-state index is -1.05. The fourth-order valence-electron chi connectivity index (χ4n) is 2.18. The van der Waals surface area contributed by atoms with E-state index in [9.17, 15) is 14.7 Å². The molecule has 0 spiro atoms. The number of carboxylic acids is 1. The Morgan fingerprint density at radius 1 is 1.29 bits per heavy atom. The summed E-state index contributed by atoms with van der Waals surface area (Å²) in [6.45, 7) is 0.629. The Kier molecular flexibility index (Phi) is 5.31. The van der Waals surface area contributed by atoms with Gasteiger partial charge >= 0.3 is 0 Å². The van der Waals surface area contributed by atoms with E-state index in [1.54, 1.807) is 23.1 Å². The first-order valence-corrected chi connectivity index (χ1v) is 7.29. The van der Waals surface area contributed by atoms with Crippen molar-refractivity contribution in [2.24, 2.45) is 5.92 Å². The number of aliphatic carboxylic acids is 1. The minimum Gasteiger partial charge on any atom is -0.550 e. The first-order valence-electron chi connectivity index (χ1n) is 6.54. The minimum absolute atomic E-state index is 0.157. The lowest BCUT2D eigenvalue weighted by molar-refractivity contribution is -0.312. The van der Waals surface area contributed by atoms with Crippen molar-refractivity contribution in [1.29, 1.82) is 0 Å². The van der Waals surface area contributed by atoms with Gasteiger partial charge in [0.2, 0.25) is 0 Å². The predicted molar refractivity (Wildman–Crippen MR) is 76.3 cm³/mol. The van der Waals surface area contributed by atoms with E-state index in [2.05, 4.69) is 0 Å². The van der Waals surface area contributed by atoms with Crippen molar-refractivity contribution in [3.8, 4) is 5.75 Å². The molecule has 114 valence electrons. The lowest BCUT2D eigenvalue weighted by atomic mass is 9.97. The molecule has 7 heteroatoms. The summed E-state index contributed by atoms with van der Waals surface area (Å²) in [6, 6.07) is 4.76. The van der Waals surface area contributed by atoms with Crippen molar-refractivity contribution in [1.82, 2.24) is 4.90 Å². The lowest BCUT2D eigenvalue weighted by Gasteiger charge is -2.32. The third-order valence-electron chi connectivity index (χ3n) is 3.43. The highest BCUT2D eigenvalue weighted by atomic mass is 35.5. The summed E-state index contributed by atoms with van der Waals surface area (Å²) in [4.78, 5) is 24.3. The highest BCUT2D eigenvalue weighted by Crippen LogP contribution is 2.27. The van der Waals surface area contributed by atoms with E-state index in [0.717, 1.165) is 0 Å². The van der Waals surface area contributed by atoms with Gasteiger partial charge in [-0.3, -0.25) is 4.79 Å². The number of likely N-dealkylation sites (tertiary alicyclic amines) is 1. The van der Waals surface area contributed by atoms with Crippen LogP contribution in [0.4, 0.5) is 0 Å². The van der Waals surface area contributed by atoms with Gasteiger partial charge in [-0.25, -0.2) is 0 Å². The van der Waals surface area contributed by atoms with Crippen molar-refractivity contribution in [3.63, 3.8) is 0 Å². The number of hydrogen-bond donors (Lipinski definition) is 0. The van der Waals surface area contributed by atoms with E-state index in [-0.39, 0.29) is 12.5 Å². The van der Waals surface area contributed by atoms with Crippen LogP contribution in [0.1, 0.15) is 12.8 Å². The van der Waals surface area contributed by atoms with Crippen molar-refractivity contribution in [2.45, 2.75) is 12.8 Å². The van der Waals surface area contributed by atoms with Crippen molar-refractivity contribution in [2.75, 3.05) is 19.7 Å². The maximum Gasteiger partial charge on any atom is 0.260 e. The fraction of sp³-hybridized carbons (Fsp3) is 0.429. The predicted octanol–water partition coefficient (Wildman–Crippen LogP) is 1.36. The third kappa shape index (κ3) is 4.25. The van der Waals surface area contributed by atoms with Crippen molar-refractivity contribution in [3.05, 3.63) is 28.2 Å². The number of carbonyl (C=O) groups excluding carboxylic acids is 2. The Labute approximate surface area is 132 Å². The molecule has 21 heavy (non-hydrogen) atoms. The number of halogens is 2. The van der Waals surface area contributed by atoms with Crippen LogP contribution in [0.5, 0.6) is 5.75 Å². The molecular formula is C14H14Cl2NO4-. The quantitative estimate of drug-likeness (QED) is 0.835. The Balaban J connectivity index is 1.85. The summed E-state index contributed by atoms with van der Waals surface area (Å²) in [7, 11) is 0. The molecule has 1 aromatic carbocycles. The lowest BCUT2D eigenvalue weighted by Crippen LogP contribution is -2.45. The van der Waals surface area contributed by atoms with E-state index in [1.165, 1.54) is 0 Å². The molecule has 0 aromatic heterocycles. The number of nitrogens with zero attached hydrogens (tertiary/aromatic N) is 1.